The highest BCUT2D eigenvalue weighted by Gasteiger charge is 2.17. The lowest BCUT2D eigenvalue weighted by atomic mass is 10.2. The predicted octanol–water partition coefficient (Wildman–Crippen LogP) is 4.35. The number of aromatic nitrogens is 2. The highest BCUT2D eigenvalue weighted by atomic mass is 32.2. The van der Waals surface area contributed by atoms with Crippen LogP contribution in [-0.4, -0.2) is 35.3 Å². The summed E-state index contributed by atoms with van der Waals surface area (Å²) in [6.45, 7) is 1.79. The second-order valence-corrected chi connectivity index (χ2v) is 7.26. The third-order valence-electron chi connectivity index (χ3n) is 4.02. The second kappa shape index (κ2) is 8.79. The molecule has 146 valence electrons. The SMILES string of the molecule is COc1ccc(NC(=O)C(C)Sc2ncc(-c3ccc(F)cc3)[nH]2)cc1OC. The molecule has 0 saturated heterocycles. The number of nitrogens with zero attached hydrogens (tertiary/aromatic N) is 1. The van der Waals surface area contributed by atoms with Crippen LogP contribution in [0.25, 0.3) is 11.3 Å². The molecule has 2 aromatic carbocycles. The van der Waals surface area contributed by atoms with Gasteiger partial charge in [-0.05, 0) is 48.9 Å². The fourth-order valence-corrected chi connectivity index (χ4v) is 3.30. The summed E-state index contributed by atoms with van der Waals surface area (Å²) in [4.78, 5) is 19.9. The number of hydrogen-bond donors (Lipinski definition) is 2. The van der Waals surface area contributed by atoms with E-state index in [1.54, 1.807) is 50.6 Å². The number of aromatic amines is 1. The van der Waals surface area contributed by atoms with Gasteiger partial charge in [0.1, 0.15) is 5.82 Å². The lowest BCUT2D eigenvalue weighted by molar-refractivity contribution is -0.115. The maximum absolute atomic E-state index is 13.0. The van der Waals surface area contributed by atoms with Crippen LogP contribution in [0.5, 0.6) is 11.5 Å². The number of anilines is 1. The van der Waals surface area contributed by atoms with Crippen LogP contribution >= 0.6 is 11.8 Å². The molecule has 6 nitrogen and oxygen atoms in total. The Balaban J connectivity index is 1.64. The van der Waals surface area contributed by atoms with E-state index in [9.17, 15) is 9.18 Å². The van der Waals surface area contributed by atoms with E-state index in [1.165, 1.54) is 31.0 Å². The zero-order valence-corrected chi connectivity index (χ0v) is 16.5. The van der Waals surface area contributed by atoms with E-state index in [2.05, 4.69) is 15.3 Å². The van der Waals surface area contributed by atoms with E-state index >= 15 is 0 Å². The summed E-state index contributed by atoms with van der Waals surface area (Å²) in [7, 11) is 3.09. The first-order valence-corrected chi connectivity index (χ1v) is 9.38. The van der Waals surface area contributed by atoms with E-state index < -0.39 is 0 Å². The molecular weight excluding hydrogens is 381 g/mol. The molecule has 0 aliphatic carbocycles. The molecule has 3 rings (SSSR count). The Morgan fingerprint density at radius 2 is 1.86 bits per heavy atom. The van der Waals surface area contributed by atoms with Crippen LogP contribution in [0.3, 0.4) is 0 Å². The van der Waals surface area contributed by atoms with Crippen LogP contribution < -0.4 is 14.8 Å². The van der Waals surface area contributed by atoms with Gasteiger partial charge in [0.25, 0.3) is 0 Å². The van der Waals surface area contributed by atoms with E-state index in [1.807, 2.05) is 0 Å². The minimum Gasteiger partial charge on any atom is -0.493 e. The van der Waals surface area contributed by atoms with E-state index in [4.69, 9.17) is 9.47 Å². The van der Waals surface area contributed by atoms with Crippen molar-refractivity contribution in [3.05, 3.63) is 54.5 Å². The number of ether oxygens (including phenoxy) is 2. The second-order valence-electron chi connectivity index (χ2n) is 5.93. The van der Waals surface area contributed by atoms with Gasteiger partial charge >= 0.3 is 0 Å². The van der Waals surface area contributed by atoms with E-state index in [0.717, 1.165) is 11.3 Å². The highest BCUT2D eigenvalue weighted by molar-refractivity contribution is 8.00. The molecule has 3 aromatic rings. The average Bonchev–Trinajstić information content (AvgIpc) is 3.16. The number of rotatable bonds is 7. The zero-order valence-electron chi connectivity index (χ0n) is 15.7. The standard InChI is InChI=1S/C20H20FN3O3S/c1-12(19(25)23-15-8-9-17(26-2)18(10-15)27-3)28-20-22-11-16(24-20)13-4-6-14(21)7-5-13/h4-12H,1-3H3,(H,22,24)(H,23,25). The van der Waals surface area contributed by atoms with Crippen molar-refractivity contribution >= 4 is 23.4 Å². The molecule has 1 unspecified atom stereocenters. The summed E-state index contributed by atoms with van der Waals surface area (Å²) in [5.74, 6) is 0.665. The molecule has 28 heavy (non-hydrogen) atoms. The fraction of sp³-hybridized carbons (Fsp3) is 0.200. The number of carbonyl (C=O) groups is 1. The number of nitrogens with one attached hydrogen (secondary N) is 2. The Morgan fingerprint density at radius 3 is 2.54 bits per heavy atom. The Morgan fingerprint density at radius 1 is 1.14 bits per heavy atom. The van der Waals surface area contributed by atoms with Crippen molar-refractivity contribution in [3.63, 3.8) is 0 Å². The minimum atomic E-state index is -0.389. The molecule has 0 fully saturated rings. The molecule has 0 radical (unpaired) electrons. The lowest BCUT2D eigenvalue weighted by Gasteiger charge is -2.13. The summed E-state index contributed by atoms with van der Waals surface area (Å²) in [6.07, 6.45) is 1.66. The molecule has 0 aliphatic heterocycles. The highest BCUT2D eigenvalue weighted by Crippen LogP contribution is 2.30. The van der Waals surface area contributed by atoms with Crippen LogP contribution in [0.1, 0.15) is 6.92 Å². The normalized spacial score (nSPS) is 11.7. The average molecular weight is 401 g/mol. The van der Waals surface area contributed by atoms with Gasteiger partial charge in [0.2, 0.25) is 5.91 Å². The smallest absolute Gasteiger partial charge is 0.237 e. The topological polar surface area (TPSA) is 76.2 Å². The summed E-state index contributed by atoms with van der Waals surface area (Å²) in [6, 6.07) is 11.3. The quantitative estimate of drug-likeness (QED) is 0.576. The number of methoxy groups -OCH3 is 2. The number of imidazole rings is 1. The maximum Gasteiger partial charge on any atom is 0.237 e. The molecule has 0 spiro atoms. The third-order valence-corrected chi connectivity index (χ3v) is 5.01. The van der Waals surface area contributed by atoms with Crippen molar-refractivity contribution in [1.29, 1.82) is 0 Å². The molecule has 1 amide bonds. The number of hydrogen-bond acceptors (Lipinski definition) is 5. The van der Waals surface area contributed by atoms with Gasteiger partial charge < -0.3 is 19.8 Å². The Kier molecular flexibility index (Phi) is 6.20. The molecule has 1 aromatic heterocycles. The molecule has 2 N–H and O–H groups in total. The monoisotopic (exact) mass is 401 g/mol. The van der Waals surface area contributed by atoms with Crippen LogP contribution in [0.2, 0.25) is 0 Å². The van der Waals surface area contributed by atoms with Gasteiger partial charge in [-0.2, -0.15) is 0 Å². The third kappa shape index (κ3) is 4.64. The van der Waals surface area contributed by atoms with Gasteiger partial charge in [0.05, 0.1) is 31.4 Å². The Labute approximate surface area is 166 Å². The van der Waals surface area contributed by atoms with E-state index in [-0.39, 0.29) is 17.0 Å². The van der Waals surface area contributed by atoms with Gasteiger partial charge in [-0.1, -0.05) is 11.8 Å². The predicted molar refractivity (Wildman–Crippen MR) is 107 cm³/mol. The fourth-order valence-electron chi connectivity index (χ4n) is 2.52. The summed E-state index contributed by atoms with van der Waals surface area (Å²) in [5.41, 5.74) is 2.19. The van der Waals surface area contributed by atoms with E-state index in [0.29, 0.717) is 22.3 Å². The summed E-state index contributed by atoms with van der Waals surface area (Å²) >= 11 is 1.30. The number of halogens is 1. The largest absolute Gasteiger partial charge is 0.493 e. The van der Waals surface area contributed by atoms with Gasteiger partial charge in [-0.3, -0.25) is 4.79 Å². The first-order valence-electron chi connectivity index (χ1n) is 8.50. The van der Waals surface area contributed by atoms with Crippen LogP contribution in [0.4, 0.5) is 10.1 Å². The van der Waals surface area contributed by atoms with Gasteiger partial charge in [-0.25, -0.2) is 9.37 Å². The van der Waals surface area contributed by atoms with Crippen LogP contribution in [0.15, 0.2) is 53.8 Å². The molecule has 0 aliphatic rings. The summed E-state index contributed by atoms with van der Waals surface area (Å²) in [5, 5.41) is 3.07. The minimum absolute atomic E-state index is 0.169. The number of carbonyl (C=O) groups excluding carboxylic acids is 1. The number of benzene rings is 2. The van der Waals surface area contributed by atoms with Crippen molar-refractivity contribution in [3.8, 4) is 22.8 Å². The molecule has 8 heteroatoms. The first kappa shape index (κ1) is 19.8. The van der Waals surface area contributed by atoms with Crippen molar-refractivity contribution in [2.75, 3.05) is 19.5 Å². The number of amides is 1. The Bertz CT molecular complexity index is 960. The lowest BCUT2D eigenvalue weighted by Crippen LogP contribution is -2.22. The number of H-pyrrole nitrogens is 1. The molecule has 1 atom stereocenters. The van der Waals surface area contributed by atoms with Crippen LogP contribution in [-0.2, 0) is 4.79 Å². The molecule has 0 bridgehead atoms. The van der Waals surface area contributed by atoms with Crippen molar-refractivity contribution in [1.82, 2.24) is 9.97 Å². The molecule has 0 saturated carbocycles. The van der Waals surface area contributed by atoms with Crippen molar-refractivity contribution in [2.45, 2.75) is 17.3 Å². The van der Waals surface area contributed by atoms with Gasteiger partial charge in [0.15, 0.2) is 16.7 Å². The number of thioether (sulfide) groups is 1. The van der Waals surface area contributed by atoms with Gasteiger partial charge in [0, 0.05) is 11.8 Å². The van der Waals surface area contributed by atoms with Crippen molar-refractivity contribution < 1.29 is 18.7 Å². The molecular formula is C20H20FN3O3S. The Hall–Kier alpha value is -3.00. The molecule has 1 heterocycles. The van der Waals surface area contributed by atoms with Crippen molar-refractivity contribution in [2.24, 2.45) is 0 Å². The summed E-state index contributed by atoms with van der Waals surface area (Å²) < 4.78 is 23.5. The maximum atomic E-state index is 13.0. The first-order chi connectivity index (χ1) is 13.5. The zero-order chi connectivity index (χ0) is 20.1. The van der Waals surface area contributed by atoms with Gasteiger partial charge in [-0.15, -0.1) is 0 Å². The van der Waals surface area contributed by atoms with Crippen LogP contribution in [0, 0.1) is 5.82 Å².